The second kappa shape index (κ2) is 9.99. The summed E-state index contributed by atoms with van der Waals surface area (Å²) >= 11 is 0. The minimum atomic E-state index is -3.51. The standard InChI is InChI=1S/C26H33N5O3S/c1-29-24-11-10-22(35(33,34)31-16-3-2-4-17-31)19-23(24)28-25(29)12-13-26(32)27-20-8-7-9-21(18-20)30-14-5-6-15-30/h7-11,18-19H,2-6,12-17H2,1H3,(H,27,32). The highest BCUT2D eigenvalue weighted by Gasteiger charge is 2.26. The second-order valence-corrected chi connectivity index (χ2v) is 11.4. The SMILES string of the molecule is Cn1c(CCC(=O)Nc2cccc(N3CCCC3)c2)nc2cc(S(=O)(=O)N3CCCCC3)ccc21. The number of aryl methyl sites for hydroxylation is 2. The van der Waals surface area contributed by atoms with Crippen LogP contribution in [0.3, 0.4) is 0 Å². The number of anilines is 2. The summed E-state index contributed by atoms with van der Waals surface area (Å²) in [6.45, 7) is 3.27. The van der Waals surface area contributed by atoms with E-state index in [2.05, 4.69) is 21.3 Å². The Labute approximate surface area is 207 Å². The molecule has 2 aliphatic heterocycles. The summed E-state index contributed by atoms with van der Waals surface area (Å²) in [5, 5.41) is 3.01. The van der Waals surface area contributed by atoms with Crippen LogP contribution in [0.4, 0.5) is 11.4 Å². The molecular weight excluding hydrogens is 462 g/mol. The van der Waals surface area contributed by atoms with Crippen LogP contribution in [0.25, 0.3) is 11.0 Å². The molecule has 5 rings (SSSR count). The van der Waals surface area contributed by atoms with Crippen LogP contribution in [0.2, 0.25) is 0 Å². The van der Waals surface area contributed by atoms with Crippen LogP contribution < -0.4 is 10.2 Å². The van der Waals surface area contributed by atoms with Crippen LogP contribution in [0.1, 0.15) is 44.3 Å². The summed E-state index contributed by atoms with van der Waals surface area (Å²) in [4.78, 5) is 20.0. The zero-order valence-corrected chi connectivity index (χ0v) is 21.1. The van der Waals surface area contributed by atoms with Crippen molar-refractivity contribution in [2.75, 3.05) is 36.4 Å². The maximum atomic E-state index is 13.1. The number of rotatable bonds is 7. The molecule has 3 heterocycles. The third kappa shape index (κ3) is 5.06. The van der Waals surface area contributed by atoms with E-state index in [1.165, 1.54) is 12.8 Å². The fraction of sp³-hybridized carbons (Fsp3) is 0.462. The van der Waals surface area contributed by atoms with Gasteiger partial charge in [0.1, 0.15) is 5.82 Å². The molecule has 0 aliphatic carbocycles. The van der Waals surface area contributed by atoms with E-state index in [-0.39, 0.29) is 10.8 Å². The molecule has 0 radical (unpaired) electrons. The summed E-state index contributed by atoms with van der Waals surface area (Å²) in [6, 6.07) is 13.1. The fourth-order valence-corrected chi connectivity index (χ4v) is 6.61. The normalized spacial score (nSPS) is 17.2. The molecule has 0 unspecified atom stereocenters. The Hall–Kier alpha value is -2.91. The Kier molecular flexibility index (Phi) is 6.80. The number of benzene rings is 2. The van der Waals surface area contributed by atoms with Gasteiger partial charge in [0, 0.05) is 57.4 Å². The number of piperidine rings is 1. The number of carbonyl (C=O) groups is 1. The molecule has 35 heavy (non-hydrogen) atoms. The van der Waals surface area contributed by atoms with Gasteiger partial charge >= 0.3 is 0 Å². The molecule has 0 bridgehead atoms. The number of hydrogen-bond acceptors (Lipinski definition) is 5. The average molecular weight is 496 g/mol. The van der Waals surface area contributed by atoms with E-state index >= 15 is 0 Å². The van der Waals surface area contributed by atoms with Gasteiger partial charge < -0.3 is 14.8 Å². The quantitative estimate of drug-likeness (QED) is 0.537. The summed E-state index contributed by atoms with van der Waals surface area (Å²) in [5.74, 6) is 0.692. The van der Waals surface area contributed by atoms with Gasteiger partial charge in [-0.05, 0) is 62.1 Å². The molecule has 186 valence electrons. The number of imidazole rings is 1. The zero-order chi connectivity index (χ0) is 24.4. The molecule has 3 aromatic rings. The third-order valence-corrected chi connectivity index (χ3v) is 8.97. The van der Waals surface area contributed by atoms with Crippen LogP contribution in [0.15, 0.2) is 47.4 Å². The first-order chi connectivity index (χ1) is 16.9. The van der Waals surface area contributed by atoms with Gasteiger partial charge in [-0.2, -0.15) is 4.31 Å². The molecular formula is C26H33N5O3S. The lowest BCUT2D eigenvalue weighted by Gasteiger charge is -2.25. The Bertz CT molecular complexity index is 1320. The number of nitrogens with one attached hydrogen (secondary N) is 1. The van der Waals surface area contributed by atoms with Crippen LogP contribution in [0, 0.1) is 0 Å². The fourth-order valence-electron chi connectivity index (χ4n) is 5.07. The minimum absolute atomic E-state index is 0.0657. The van der Waals surface area contributed by atoms with E-state index in [1.54, 1.807) is 16.4 Å². The predicted molar refractivity (Wildman–Crippen MR) is 138 cm³/mol. The monoisotopic (exact) mass is 495 g/mol. The number of sulfonamides is 1. The largest absolute Gasteiger partial charge is 0.371 e. The average Bonchev–Trinajstić information content (AvgIpc) is 3.52. The molecule has 1 aromatic heterocycles. The highest BCUT2D eigenvalue weighted by molar-refractivity contribution is 7.89. The highest BCUT2D eigenvalue weighted by Crippen LogP contribution is 2.26. The maximum absolute atomic E-state index is 13.1. The maximum Gasteiger partial charge on any atom is 0.243 e. The highest BCUT2D eigenvalue weighted by atomic mass is 32.2. The van der Waals surface area contributed by atoms with E-state index in [0.717, 1.165) is 55.1 Å². The number of hydrogen-bond donors (Lipinski definition) is 1. The van der Waals surface area contributed by atoms with Crippen molar-refractivity contribution in [3.8, 4) is 0 Å². The summed E-state index contributed by atoms with van der Waals surface area (Å²) in [5.41, 5.74) is 3.44. The summed E-state index contributed by atoms with van der Waals surface area (Å²) in [7, 11) is -1.61. The zero-order valence-electron chi connectivity index (χ0n) is 20.2. The topological polar surface area (TPSA) is 87.5 Å². The Balaban J connectivity index is 1.26. The number of carbonyl (C=O) groups excluding carboxylic acids is 1. The molecule has 2 fully saturated rings. The first-order valence-corrected chi connectivity index (χ1v) is 14.0. The molecule has 0 atom stereocenters. The van der Waals surface area contributed by atoms with Gasteiger partial charge in [-0.15, -0.1) is 0 Å². The second-order valence-electron chi connectivity index (χ2n) is 9.49. The molecule has 8 nitrogen and oxygen atoms in total. The molecule has 2 aromatic carbocycles. The third-order valence-electron chi connectivity index (χ3n) is 7.07. The van der Waals surface area contributed by atoms with Crippen molar-refractivity contribution in [3.63, 3.8) is 0 Å². The van der Waals surface area contributed by atoms with Gasteiger partial charge in [0.05, 0.1) is 15.9 Å². The molecule has 2 aliphatic rings. The lowest BCUT2D eigenvalue weighted by atomic mass is 10.2. The smallest absolute Gasteiger partial charge is 0.243 e. The first-order valence-electron chi connectivity index (χ1n) is 12.5. The van der Waals surface area contributed by atoms with Gasteiger partial charge in [0.25, 0.3) is 0 Å². The Morgan fingerprint density at radius 3 is 2.49 bits per heavy atom. The lowest BCUT2D eigenvalue weighted by Crippen LogP contribution is -2.35. The van der Waals surface area contributed by atoms with Gasteiger partial charge in [0.2, 0.25) is 15.9 Å². The van der Waals surface area contributed by atoms with Gasteiger partial charge in [-0.3, -0.25) is 4.79 Å². The van der Waals surface area contributed by atoms with Crippen LogP contribution in [-0.4, -0.2) is 54.4 Å². The van der Waals surface area contributed by atoms with Crippen LogP contribution >= 0.6 is 0 Å². The van der Waals surface area contributed by atoms with E-state index in [0.29, 0.717) is 31.4 Å². The summed E-state index contributed by atoms with van der Waals surface area (Å²) < 4.78 is 29.6. The van der Waals surface area contributed by atoms with E-state index in [4.69, 9.17) is 0 Å². The number of nitrogens with zero attached hydrogens (tertiary/aromatic N) is 4. The van der Waals surface area contributed by atoms with E-state index < -0.39 is 10.0 Å². The first kappa shape index (κ1) is 23.8. The van der Waals surface area contributed by atoms with Crippen molar-refractivity contribution in [1.82, 2.24) is 13.9 Å². The van der Waals surface area contributed by atoms with Crippen molar-refractivity contribution in [2.24, 2.45) is 7.05 Å². The molecule has 0 saturated carbocycles. The lowest BCUT2D eigenvalue weighted by molar-refractivity contribution is -0.116. The van der Waals surface area contributed by atoms with Gasteiger partial charge in [0.15, 0.2) is 0 Å². The van der Waals surface area contributed by atoms with Gasteiger partial charge in [-0.1, -0.05) is 12.5 Å². The predicted octanol–water partition coefficient (Wildman–Crippen LogP) is 3.92. The molecule has 0 spiro atoms. The van der Waals surface area contributed by atoms with Crippen molar-refractivity contribution in [1.29, 1.82) is 0 Å². The molecule has 9 heteroatoms. The minimum Gasteiger partial charge on any atom is -0.371 e. The van der Waals surface area contributed by atoms with E-state index in [9.17, 15) is 13.2 Å². The van der Waals surface area contributed by atoms with Crippen molar-refractivity contribution in [2.45, 2.75) is 49.8 Å². The number of fused-ring (bicyclic) bond motifs is 1. The van der Waals surface area contributed by atoms with Crippen LogP contribution in [-0.2, 0) is 28.3 Å². The number of amides is 1. The van der Waals surface area contributed by atoms with Crippen molar-refractivity contribution >= 4 is 38.3 Å². The van der Waals surface area contributed by atoms with Crippen molar-refractivity contribution in [3.05, 3.63) is 48.3 Å². The van der Waals surface area contributed by atoms with Crippen molar-refractivity contribution < 1.29 is 13.2 Å². The Morgan fingerprint density at radius 1 is 0.971 bits per heavy atom. The summed E-state index contributed by atoms with van der Waals surface area (Å²) in [6.07, 6.45) is 6.06. The molecule has 1 N–H and O–H groups in total. The van der Waals surface area contributed by atoms with E-state index in [1.807, 2.05) is 35.9 Å². The van der Waals surface area contributed by atoms with Crippen LogP contribution in [0.5, 0.6) is 0 Å². The Morgan fingerprint density at radius 2 is 1.71 bits per heavy atom. The molecule has 1 amide bonds. The molecule has 2 saturated heterocycles. The van der Waals surface area contributed by atoms with Gasteiger partial charge in [-0.25, -0.2) is 13.4 Å². The number of aromatic nitrogens is 2.